The first-order valence-electron chi connectivity index (χ1n) is 13.4. The second kappa shape index (κ2) is 9.88. The molecule has 0 unspecified atom stereocenters. The molecule has 1 aliphatic heterocycles. The fourth-order valence-electron chi connectivity index (χ4n) is 5.64. The Labute approximate surface area is 236 Å². The molecular formula is C31H28F2N2O5S. The van der Waals surface area contributed by atoms with E-state index in [1.165, 1.54) is 10.5 Å². The fraction of sp³-hybridized carbons (Fsp3) is 0.290. The van der Waals surface area contributed by atoms with Crippen molar-refractivity contribution in [3.63, 3.8) is 0 Å². The van der Waals surface area contributed by atoms with Crippen LogP contribution in [0.4, 0.5) is 8.78 Å². The molecular weight excluding hydrogens is 550 g/mol. The van der Waals surface area contributed by atoms with Gasteiger partial charge in [-0.1, -0.05) is 29.8 Å². The van der Waals surface area contributed by atoms with Crippen LogP contribution < -0.4 is 5.43 Å². The zero-order chi connectivity index (χ0) is 29.2. The number of rotatable bonds is 6. The minimum Gasteiger partial charge on any atom is -0.462 e. The quantitative estimate of drug-likeness (QED) is 0.279. The molecule has 4 aromatic rings. The van der Waals surface area contributed by atoms with E-state index in [9.17, 15) is 22.4 Å². The lowest BCUT2D eigenvalue weighted by atomic mass is 9.94. The van der Waals surface area contributed by atoms with Crippen LogP contribution in [0.5, 0.6) is 0 Å². The molecule has 2 heterocycles. The topological polar surface area (TPSA) is 85.7 Å². The van der Waals surface area contributed by atoms with Gasteiger partial charge in [0.05, 0.1) is 23.1 Å². The van der Waals surface area contributed by atoms with E-state index in [1.807, 2.05) is 6.92 Å². The highest BCUT2D eigenvalue weighted by atomic mass is 32.2. The molecule has 41 heavy (non-hydrogen) atoms. The second-order valence-electron chi connectivity index (χ2n) is 10.6. The van der Waals surface area contributed by atoms with Gasteiger partial charge in [-0.2, -0.15) is 4.31 Å². The SMILES string of the molecule is CCOC(=O)c1cn([C@@H]2C[C@@H]2F)c2c(C)c(-c3ccc4c(c3)CN(S(=O)(=O)c3ccc(C)cc3)C4)c(F)cc2c1=O. The molecule has 212 valence electrons. The lowest BCUT2D eigenvalue weighted by Crippen LogP contribution is -2.25. The summed E-state index contributed by atoms with van der Waals surface area (Å²) in [6.07, 6.45) is 0.388. The third-order valence-corrected chi connectivity index (χ3v) is 9.70. The molecule has 1 saturated carbocycles. The van der Waals surface area contributed by atoms with Crippen molar-refractivity contribution in [3.05, 3.63) is 98.6 Å². The minimum atomic E-state index is -3.73. The van der Waals surface area contributed by atoms with Crippen LogP contribution in [0.15, 0.2) is 64.4 Å². The number of alkyl halides is 1. The van der Waals surface area contributed by atoms with Crippen LogP contribution >= 0.6 is 0 Å². The van der Waals surface area contributed by atoms with E-state index in [2.05, 4.69) is 0 Å². The number of pyridine rings is 1. The Morgan fingerprint density at radius 3 is 2.39 bits per heavy atom. The maximum atomic E-state index is 15.8. The van der Waals surface area contributed by atoms with Gasteiger partial charge in [-0.05, 0) is 67.3 Å². The molecule has 0 amide bonds. The Balaban J connectivity index is 1.44. The van der Waals surface area contributed by atoms with Crippen LogP contribution in [0.1, 0.15) is 52.0 Å². The first-order chi connectivity index (χ1) is 19.5. The summed E-state index contributed by atoms with van der Waals surface area (Å²) in [5.41, 5.74) is 3.10. The third kappa shape index (κ3) is 4.55. The average molecular weight is 579 g/mol. The fourth-order valence-corrected chi connectivity index (χ4v) is 7.03. The normalized spacial score (nSPS) is 18.5. The van der Waals surface area contributed by atoms with Crippen molar-refractivity contribution >= 4 is 26.9 Å². The Morgan fingerprint density at radius 2 is 1.73 bits per heavy atom. The molecule has 1 aliphatic carbocycles. The van der Waals surface area contributed by atoms with Crippen molar-refractivity contribution in [3.8, 4) is 11.1 Å². The number of sulfonamides is 1. The van der Waals surface area contributed by atoms with Crippen molar-refractivity contribution < 1.29 is 26.7 Å². The number of aryl methyl sites for hydroxylation is 2. The highest BCUT2D eigenvalue weighted by Crippen LogP contribution is 2.43. The van der Waals surface area contributed by atoms with Crippen molar-refractivity contribution in [1.29, 1.82) is 0 Å². The summed E-state index contributed by atoms with van der Waals surface area (Å²) in [7, 11) is -3.73. The molecule has 2 atom stereocenters. The average Bonchev–Trinajstić information content (AvgIpc) is 3.49. The molecule has 0 radical (unpaired) electrons. The van der Waals surface area contributed by atoms with Crippen molar-refractivity contribution in [2.45, 2.75) is 57.4 Å². The molecule has 2 aliphatic rings. The predicted molar refractivity (Wildman–Crippen MR) is 150 cm³/mol. The Morgan fingerprint density at radius 1 is 1.05 bits per heavy atom. The number of fused-ring (bicyclic) bond motifs is 2. The van der Waals surface area contributed by atoms with Gasteiger partial charge in [0.15, 0.2) is 0 Å². The van der Waals surface area contributed by atoms with E-state index in [0.717, 1.165) is 22.8 Å². The number of esters is 1. The lowest BCUT2D eigenvalue weighted by Gasteiger charge is -2.18. The molecule has 0 bridgehead atoms. The monoisotopic (exact) mass is 578 g/mol. The van der Waals surface area contributed by atoms with Gasteiger partial charge < -0.3 is 9.30 Å². The van der Waals surface area contributed by atoms with E-state index in [-0.39, 0.29) is 47.5 Å². The highest BCUT2D eigenvalue weighted by Gasteiger charge is 2.41. The van der Waals surface area contributed by atoms with Gasteiger partial charge in [-0.25, -0.2) is 22.0 Å². The smallest absolute Gasteiger partial charge is 0.343 e. The summed E-state index contributed by atoms with van der Waals surface area (Å²) in [5.74, 6) is -1.51. The largest absolute Gasteiger partial charge is 0.462 e. The van der Waals surface area contributed by atoms with Gasteiger partial charge >= 0.3 is 5.97 Å². The van der Waals surface area contributed by atoms with Crippen LogP contribution in [-0.4, -0.2) is 36.0 Å². The molecule has 0 saturated heterocycles. The Hall–Kier alpha value is -3.89. The Kier molecular flexibility index (Phi) is 6.58. The molecule has 1 fully saturated rings. The van der Waals surface area contributed by atoms with E-state index in [0.29, 0.717) is 16.6 Å². The molecule has 1 aromatic heterocycles. The number of benzene rings is 3. The standard InChI is InChI=1S/C31H28F2N2O5S/c1-4-40-31(37)24-16-35(27-13-25(27)32)29-18(3)28(26(33)12-23(29)30(24)36)19-7-8-20-14-34(15-21(20)11-19)41(38,39)22-9-5-17(2)6-10-22/h5-12,16,25,27H,4,13-15H2,1-3H3/t25-,27+/m0/s1. The van der Waals surface area contributed by atoms with Crippen LogP contribution in [0.2, 0.25) is 0 Å². The van der Waals surface area contributed by atoms with Crippen LogP contribution in [0.25, 0.3) is 22.0 Å². The van der Waals surface area contributed by atoms with Gasteiger partial charge in [0.2, 0.25) is 15.5 Å². The number of halogens is 2. The van der Waals surface area contributed by atoms with E-state index < -0.39 is 39.5 Å². The van der Waals surface area contributed by atoms with Crippen LogP contribution in [0.3, 0.4) is 0 Å². The Bertz CT molecular complexity index is 1900. The van der Waals surface area contributed by atoms with E-state index >= 15 is 4.39 Å². The van der Waals surface area contributed by atoms with Crippen molar-refractivity contribution in [2.24, 2.45) is 0 Å². The van der Waals surface area contributed by atoms with Gasteiger partial charge in [0.1, 0.15) is 17.6 Å². The van der Waals surface area contributed by atoms with E-state index in [1.54, 1.807) is 60.9 Å². The van der Waals surface area contributed by atoms with Crippen molar-refractivity contribution in [2.75, 3.05) is 6.61 Å². The number of ether oxygens (including phenoxy) is 1. The molecule has 0 N–H and O–H groups in total. The summed E-state index contributed by atoms with van der Waals surface area (Å²) in [4.78, 5) is 25.9. The maximum Gasteiger partial charge on any atom is 0.343 e. The zero-order valence-corrected chi connectivity index (χ0v) is 23.6. The van der Waals surface area contributed by atoms with Crippen LogP contribution in [0, 0.1) is 19.7 Å². The number of hydrogen-bond donors (Lipinski definition) is 0. The third-order valence-electron chi connectivity index (χ3n) is 7.89. The molecule has 10 heteroatoms. The summed E-state index contributed by atoms with van der Waals surface area (Å²) >= 11 is 0. The van der Waals surface area contributed by atoms with E-state index in [4.69, 9.17) is 4.74 Å². The van der Waals surface area contributed by atoms with Gasteiger partial charge in [-0.3, -0.25) is 4.79 Å². The van der Waals surface area contributed by atoms with Gasteiger partial charge in [0, 0.05) is 36.7 Å². The number of nitrogens with zero attached hydrogens (tertiary/aromatic N) is 2. The second-order valence-corrected chi connectivity index (χ2v) is 12.6. The highest BCUT2D eigenvalue weighted by molar-refractivity contribution is 7.89. The maximum absolute atomic E-state index is 15.8. The molecule has 0 spiro atoms. The number of carbonyl (C=O) groups is 1. The number of carbonyl (C=O) groups excluding carboxylic acids is 1. The summed E-state index contributed by atoms with van der Waals surface area (Å²) in [5, 5.41) is -0.0232. The zero-order valence-electron chi connectivity index (χ0n) is 22.8. The number of aromatic nitrogens is 1. The minimum absolute atomic E-state index is 0.0232. The lowest BCUT2D eigenvalue weighted by molar-refractivity contribution is 0.0524. The molecule has 6 rings (SSSR count). The first-order valence-corrected chi connectivity index (χ1v) is 14.8. The molecule has 3 aromatic carbocycles. The summed E-state index contributed by atoms with van der Waals surface area (Å²) in [6.45, 7) is 5.54. The summed E-state index contributed by atoms with van der Waals surface area (Å²) in [6, 6.07) is 12.5. The number of hydrogen-bond acceptors (Lipinski definition) is 5. The van der Waals surface area contributed by atoms with Gasteiger partial charge in [0.25, 0.3) is 0 Å². The summed E-state index contributed by atoms with van der Waals surface area (Å²) < 4.78 is 64.6. The van der Waals surface area contributed by atoms with Crippen LogP contribution in [-0.2, 0) is 27.8 Å². The first kappa shape index (κ1) is 27.3. The molecule has 7 nitrogen and oxygen atoms in total. The van der Waals surface area contributed by atoms with Gasteiger partial charge in [-0.15, -0.1) is 0 Å². The van der Waals surface area contributed by atoms with Crippen molar-refractivity contribution in [1.82, 2.24) is 8.87 Å². The predicted octanol–water partition coefficient (Wildman–Crippen LogP) is 5.59.